The Morgan fingerprint density at radius 2 is 1.92 bits per heavy atom. The Kier molecular flexibility index (Phi) is 8.32. The second-order valence-electron chi connectivity index (χ2n) is 7.35. The van der Waals surface area contributed by atoms with Crippen LogP contribution in [-0.2, 0) is 4.79 Å². The summed E-state index contributed by atoms with van der Waals surface area (Å²) < 4.78 is 5.03. The first-order valence-corrected chi connectivity index (χ1v) is 9.64. The predicted octanol–water partition coefficient (Wildman–Crippen LogP) is 3.42. The topological polar surface area (TPSA) is 108 Å². The van der Waals surface area contributed by atoms with Crippen LogP contribution in [-0.4, -0.2) is 39.3 Å². The molecule has 146 valence electrons. The minimum absolute atomic E-state index is 0.119. The molecule has 6 heteroatoms. The molecule has 4 unspecified atom stereocenters. The van der Waals surface area contributed by atoms with Crippen molar-refractivity contribution in [3.8, 4) is 0 Å². The second-order valence-corrected chi connectivity index (χ2v) is 7.35. The van der Waals surface area contributed by atoms with Gasteiger partial charge in [-0.25, -0.2) is 0 Å². The summed E-state index contributed by atoms with van der Waals surface area (Å²) in [5.74, 6) is -0.449. The minimum atomic E-state index is -1.09. The summed E-state index contributed by atoms with van der Waals surface area (Å²) in [6.07, 6.45) is 7.57. The number of aliphatic carboxylic acids is 1. The smallest absolute Gasteiger partial charge is 0.303 e. The van der Waals surface area contributed by atoms with Crippen LogP contribution in [0.1, 0.15) is 74.8 Å². The van der Waals surface area contributed by atoms with E-state index in [4.69, 9.17) is 9.52 Å². The molecule has 1 fully saturated rings. The Labute approximate surface area is 154 Å². The van der Waals surface area contributed by atoms with E-state index in [1.807, 2.05) is 0 Å². The van der Waals surface area contributed by atoms with E-state index in [1.54, 1.807) is 12.1 Å². The molecule has 0 bridgehead atoms. The maximum Gasteiger partial charge on any atom is 0.303 e. The van der Waals surface area contributed by atoms with Crippen molar-refractivity contribution >= 4 is 11.8 Å². The summed E-state index contributed by atoms with van der Waals surface area (Å²) in [6.45, 7) is 0. The average Bonchev–Trinajstić information content (AvgIpc) is 3.25. The Hall–Kier alpha value is -1.66. The van der Waals surface area contributed by atoms with Gasteiger partial charge in [0.15, 0.2) is 5.76 Å². The Morgan fingerprint density at radius 1 is 1.15 bits per heavy atom. The van der Waals surface area contributed by atoms with Gasteiger partial charge < -0.3 is 19.7 Å². The molecule has 1 saturated carbocycles. The fourth-order valence-corrected chi connectivity index (χ4v) is 4.01. The lowest BCUT2D eigenvalue weighted by Gasteiger charge is -2.23. The van der Waals surface area contributed by atoms with Crippen LogP contribution >= 0.6 is 0 Å². The molecule has 4 atom stereocenters. The van der Waals surface area contributed by atoms with E-state index < -0.39 is 17.9 Å². The van der Waals surface area contributed by atoms with E-state index in [2.05, 4.69) is 0 Å². The largest absolute Gasteiger partial charge is 0.481 e. The van der Waals surface area contributed by atoms with Crippen molar-refractivity contribution in [2.75, 3.05) is 0 Å². The van der Waals surface area contributed by atoms with Crippen molar-refractivity contribution in [1.29, 1.82) is 0 Å². The normalized spacial score (nSPS) is 23.8. The van der Waals surface area contributed by atoms with Gasteiger partial charge in [0.1, 0.15) is 6.10 Å². The zero-order valence-corrected chi connectivity index (χ0v) is 15.2. The SMILES string of the molecule is O=C(O)CCCCCCC1CCC(O)C1CCC(O)C(=O)c1ccco1. The van der Waals surface area contributed by atoms with Crippen LogP contribution in [0.25, 0.3) is 0 Å². The van der Waals surface area contributed by atoms with Gasteiger partial charge in [-0.05, 0) is 56.1 Å². The van der Waals surface area contributed by atoms with Gasteiger partial charge in [-0.1, -0.05) is 25.7 Å². The third-order valence-corrected chi connectivity index (χ3v) is 5.49. The maximum absolute atomic E-state index is 12.0. The zero-order chi connectivity index (χ0) is 18.9. The number of ketones is 1. The summed E-state index contributed by atoms with van der Waals surface area (Å²) >= 11 is 0. The highest BCUT2D eigenvalue weighted by Crippen LogP contribution is 2.39. The van der Waals surface area contributed by atoms with Crippen molar-refractivity contribution in [3.05, 3.63) is 24.2 Å². The Bertz CT molecular complexity index is 553. The minimum Gasteiger partial charge on any atom is -0.481 e. The lowest BCUT2D eigenvalue weighted by atomic mass is 9.85. The molecule has 0 amide bonds. The molecular formula is C20H30O6. The molecule has 3 N–H and O–H groups in total. The maximum atomic E-state index is 12.0. The van der Waals surface area contributed by atoms with Gasteiger partial charge in [0.2, 0.25) is 5.78 Å². The molecule has 2 rings (SSSR count). The van der Waals surface area contributed by atoms with Crippen LogP contribution in [0.2, 0.25) is 0 Å². The summed E-state index contributed by atoms with van der Waals surface area (Å²) in [6, 6.07) is 3.16. The fourth-order valence-electron chi connectivity index (χ4n) is 4.01. The van der Waals surface area contributed by atoms with Gasteiger partial charge in [0, 0.05) is 6.42 Å². The van der Waals surface area contributed by atoms with Crippen LogP contribution in [0.5, 0.6) is 0 Å². The molecule has 1 heterocycles. The first-order valence-electron chi connectivity index (χ1n) is 9.64. The standard InChI is InChI=1S/C20H30O6/c21-16-11-9-14(6-3-1-2-4-8-19(23)24)15(16)10-12-17(22)20(25)18-7-5-13-26-18/h5,7,13-17,21-22H,1-4,6,8-12H2,(H,23,24). The predicted molar refractivity (Wildman–Crippen MR) is 95.8 cm³/mol. The first kappa shape index (κ1) is 20.6. The van der Waals surface area contributed by atoms with Crippen LogP contribution in [0.4, 0.5) is 0 Å². The highest BCUT2D eigenvalue weighted by Gasteiger charge is 2.35. The molecule has 0 radical (unpaired) electrons. The molecule has 0 aliphatic heterocycles. The van der Waals surface area contributed by atoms with Gasteiger partial charge in [0.25, 0.3) is 0 Å². The number of carboxylic acid groups (broad SMARTS) is 1. The number of hydrogen-bond donors (Lipinski definition) is 3. The van der Waals surface area contributed by atoms with E-state index >= 15 is 0 Å². The lowest BCUT2D eigenvalue weighted by Crippen LogP contribution is -2.25. The number of Topliss-reactive ketones (excluding diaryl/α,β-unsaturated/α-hetero) is 1. The summed E-state index contributed by atoms with van der Waals surface area (Å²) in [5, 5.41) is 29.0. The summed E-state index contributed by atoms with van der Waals surface area (Å²) in [4.78, 5) is 22.5. The third kappa shape index (κ3) is 6.25. The van der Waals surface area contributed by atoms with E-state index in [0.717, 1.165) is 38.5 Å². The number of unbranched alkanes of at least 4 members (excludes halogenated alkanes) is 3. The van der Waals surface area contributed by atoms with E-state index in [-0.39, 0.29) is 24.2 Å². The number of hydrogen-bond acceptors (Lipinski definition) is 5. The Balaban J connectivity index is 1.70. The van der Waals surface area contributed by atoms with Crippen LogP contribution in [0.3, 0.4) is 0 Å². The monoisotopic (exact) mass is 366 g/mol. The number of rotatable bonds is 12. The highest BCUT2D eigenvalue weighted by atomic mass is 16.4. The fraction of sp³-hybridized carbons (Fsp3) is 0.700. The van der Waals surface area contributed by atoms with Crippen LogP contribution < -0.4 is 0 Å². The van der Waals surface area contributed by atoms with Crippen molar-refractivity contribution in [1.82, 2.24) is 0 Å². The Morgan fingerprint density at radius 3 is 2.62 bits per heavy atom. The van der Waals surface area contributed by atoms with Crippen molar-refractivity contribution in [2.45, 2.75) is 76.4 Å². The van der Waals surface area contributed by atoms with E-state index in [9.17, 15) is 19.8 Å². The molecular weight excluding hydrogens is 336 g/mol. The van der Waals surface area contributed by atoms with Gasteiger partial charge in [-0.15, -0.1) is 0 Å². The number of carboxylic acids is 1. The molecule has 26 heavy (non-hydrogen) atoms. The summed E-state index contributed by atoms with van der Waals surface area (Å²) in [5.41, 5.74) is 0. The lowest BCUT2D eigenvalue weighted by molar-refractivity contribution is -0.137. The first-order chi connectivity index (χ1) is 12.5. The summed E-state index contributed by atoms with van der Waals surface area (Å²) in [7, 11) is 0. The molecule has 1 aliphatic rings. The quantitative estimate of drug-likeness (QED) is 0.386. The van der Waals surface area contributed by atoms with Crippen LogP contribution in [0.15, 0.2) is 22.8 Å². The van der Waals surface area contributed by atoms with Crippen molar-refractivity contribution in [3.63, 3.8) is 0 Å². The molecule has 0 aromatic carbocycles. The number of carbonyl (C=O) groups is 2. The number of carbonyl (C=O) groups excluding carboxylic acids is 1. The van der Waals surface area contributed by atoms with Crippen LogP contribution in [0, 0.1) is 11.8 Å². The third-order valence-electron chi connectivity index (χ3n) is 5.49. The molecule has 0 spiro atoms. The van der Waals surface area contributed by atoms with E-state index in [0.29, 0.717) is 25.2 Å². The molecule has 1 aliphatic carbocycles. The molecule has 0 saturated heterocycles. The van der Waals surface area contributed by atoms with Gasteiger partial charge in [0.05, 0.1) is 12.4 Å². The molecule has 6 nitrogen and oxygen atoms in total. The highest BCUT2D eigenvalue weighted by molar-refractivity contribution is 5.96. The second kappa shape index (κ2) is 10.5. The number of furan rings is 1. The number of aliphatic hydroxyl groups excluding tert-OH is 2. The van der Waals surface area contributed by atoms with Gasteiger partial charge >= 0.3 is 5.97 Å². The molecule has 1 aromatic rings. The number of aliphatic hydroxyl groups is 2. The van der Waals surface area contributed by atoms with Crippen molar-refractivity contribution < 1.29 is 29.3 Å². The molecule has 1 aromatic heterocycles. The van der Waals surface area contributed by atoms with Crippen molar-refractivity contribution in [2.24, 2.45) is 11.8 Å². The average molecular weight is 366 g/mol. The van der Waals surface area contributed by atoms with Gasteiger partial charge in [-0.2, -0.15) is 0 Å². The van der Waals surface area contributed by atoms with Gasteiger partial charge in [-0.3, -0.25) is 9.59 Å². The van der Waals surface area contributed by atoms with E-state index in [1.165, 1.54) is 6.26 Å². The zero-order valence-electron chi connectivity index (χ0n) is 15.2.